The average Bonchev–Trinajstić information content (AvgIpc) is 2.54. The first-order valence-electron chi connectivity index (χ1n) is 7.57. The Bertz CT molecular complexity index is 790. The number of hydrogen-bond donors (Lipinski definition) is 3. The molecule has 0 saturated heterocycles. The molecule has 0 aliphatic rings. The van der Waals surface area contributed by atoms with E-state index >= 15 is 0 Å². The van der Waals surface area contributed by atoms with E-state index in [2.05, 4.69) is 10.6 Å². The van der Waals surface area contributed by atoms with Gasteiger partial charge in [-0.2, -0.15) is 0 Å². The lowest BCUT2D eigenvalue weighted by molar-refractivity contribution is -0.116. The maximum atomic E-state index is 12.3. The van der Waals surface area contributed by atoms with Crippen molar-refractivity contribution >= 4 is 35.0 Å². The Morgan fingerprint density at radius 2 is 1.80 bits per heavy atom. The second-order valence-corrected chi connectivity index (χ2v) is 5.94. The molecule has 0 saturated carbocycles. The van der Waals surface area contributed by atoms with Crippen LogP contribution in [-0.4, -0.2) is 17.7 Å². The number of rotatable bonds is 6. The van der Waals surface area contributed by atoms with Gasteiger partial charge in [-0.05, 0) is 36.8 Å². The molecular weight excluding hydrogens is 342 g/mol. The van der Waals surface area contributed by atoms with E-state index in [4.69, 9.17) is 17.3 Å². The van der Waals surface area contributed by atoms with Gasteiger partial charge in [-0.15, -0.1) is 0 Å². The van der Waals surface area contributed by atoms with Crippen LogP contribution in [0.5, 0.6) is 0 Å². The number of carbonyl (C=O) groups is 3. The van der Waals surface area contributed by atoms with E-state index in [0.29, 0.717) is 21.8 Å². The Balaban J connectivity index is 2.11. The van der Waals surface area contributed by atoms with Crippen LogP contribution >= 0.6 is 11.6 Å². The molecule has 130 valence electrons. The molecule has 3 amide bonds. The van der Waals surface area contributed by atoms with Crippen LogP contribution in [0.2, 0.25) is 5.02 Å². The second-order valence-electron chi connectivity index (χ2n) is 5.50. The monoisotopic (exact) mass is 359 g/mol. The number of primary amides is 1. The first kappa shape index (κ1) is 18.5. The minimum atomic E-state index is -0.730. The lowest BCUT2D eigenvalue weighted by Crippen LogP contribution is -2.35. The number of anilines is 1. The van der Waals surface area contributed by atoms with Crippen molar-refractivity contribution in [3.8, 4) is 0 Å². The van der Waals surface area contributed by atoms with Crippen molar-refractivity contribution in [3.05, 3.63) is 64.7 Å². The fraction of sp³-hybridized carbons (Fsp3) is 0.167. The normalized spacial score (nSPS) is 11.4. The second kappa shape index (κ2) is 8.30. The van der Waals surface area contributed by atoms with E-state index in [1.807, 2.05) is 0 Å². The maximum absolute atomic E-state index is 12.3. The van der Waals surface area contributed by atoms with Crippen LogP contribution in [0.1, 0.15) is 35.3 Å². The van der Waals surface area contributed by atoms with Gasteiger partial charge in [0.05, 0.1) is 12.5 Å². The molecule has 1 atom stereocenters. The Hall–Kier alpha value is -2.86. The Kier molecular flexibility index (Phi) is 6.14. The zero-order valence-corrected chi connectivity index (χ0v) is 14.3. The van der Waals surface area contributed by atoms with Crippen molar-refractivity contribution in [2.75, 3.05) is 5.32 Å². The molecule has 0 aliphatic heterocycles. The molecule has 0 aliphatic carbocycles. The summed E-state index contributed by atoms with van der Waals surface area (Å²) in [5.74, 6) is -0.417. The van der Waals surface area contributed by atoms with Crippen molar-refractivity contribution in [3.63, 3.8) is 0 Å². The minimum Gasteiger partial charge on any atom is -0.352 e. The highest BCUT2D eigenvalue weighted by molar-refractivity contribution is 6.30. The molecule has 2 aromatic carbocycles. The summed E-state index contributed by atoms with van der Waals surface area (Å²) in [5, 5.41) is 5.80. The largest absolute Gasteiger partial charge is 0.352 e. The highest BCUT2D eigenvalue weighted by atomic mass is 35.5. The molecule has 7 heteroatoms. The molecule has 2 aromatic rings. The molecule has 25 heavy (non-hydrogen) atoms. The smallest absolute Gasteiger partial charge is 0.312 e. The Morgan fingerprint density at radius 1 is 1.12 bits per heavy atom. The molecule has 0 spiro atoms. The van der Waals surface area contributed by atoms with Gasteiger partial charge in [0.15, 0.2) is 5.78 Å². The predicted molar refractivity (Wildman–Crippen MR) is 96.6 cm³/mol. The third kappa shape index (κ3) is 5.61. The van der Waals surface area contributed by atoms with E-state index in [9.17, 15) is 14.4 Å². The summed E-state index contributed by atoms with van der Waals surface area (Å²) in [6.45, 7) is 1.45. The number of ketones is 1. The molecule has 6 nitrogen and oxygen atoms in total. The summed E-state index contributed by atoms with van der Waals surface area (Å²) in [7, 11) is 0. The highest BCUT2D eigenvalue weighted by Crippen LogP contribution is 2.20. The Labute approximate surface area is 150 Å². The van der Waals surface area contributed by atoms with Crippen LogP contribution in [0, 0.1) is 0 Å². The van der Waals surface area contributed by atoms with Gasteiger partial charge in [-0.1, -0.05) is 35.9 Å². The van der Waals surface area contributed by atoms with E-state index in [1.165, 1.54) is 6.92 Å². The zero-order valence-electron chi connectivity index (χ0n) is 13.6. The fourth-order valence-corrected chi connectivity index (χ4v) is 2.46. The molecule has 0 bridgehead atoms. The SMILES string of the molecule is CC(=O)c1cccc(NC(=O)CC(NC(N)=O)c2ccc(Cl)cc2)c1. The number of amides is 3. The number of nitrogens with two attached hydrogens (primary N) is 1. The van der Waals surface area contributed by atoms with E-state index in [0.717, 1.165) is 0 Å². The quantitative estimate of drug-likeness (QED) is 0.690. The van der Waals surface area contributed by atoms with Gasteiger partial charge in [-0.25, -0.2) is 4.79 Å². The zero-order chi connectivity index (χ0) is 18.4. The van der Waals surface area contributed by atoms with E-state index in [1.54, 1.807) is 48.5 Å². The van der Waals surface area contributed by atoms with Crippen LogP contribution < -0.4 is 16.4 Å². The molecule has 1 unspecified atom stereocenters. The van der Waals surface area contributed by atoms with Crippen LogP contribution in [0.25, 0.3) is 0 Å². The molecule has 0 heterocycles. The number of halogens is 1. The van der Waals surface area contributed by atoms with Crippen LogP contribution in [0.3, 0.4) is 0 Å². The van der Waals surface area contributed by atoms with Crippen molar-refractivity contribution in [2.45, 2.75) is 19.4 Å². The van der Waals surface area contributed by atoms with Crippen molar-refractivity contribution in [2.24, 2.45) is 5.73 Å². The van der Waals surface area contributed by atoms with Crippen LogP contribution in [0.15, 0.2) is 48.5 Å². The van der Waals surface area contributed by atoms with Crippen molar-refractivity contribution < 1.29 is 14.4 Å². The first-order valence-corrected chi connectivity index (χ1v) is 7.95. The van der Waals surface area contributed by atoms with Gasteiger partial charge in [0.25, 0.3) is 0 Å². The lowest BCUT2D eigenvalue weighted by Gasteiger charge is -2.18. The van der Waals surface area contributed by atoms with Gasteiger partial charge < -0.3 is 16.4 Å². The fourth-order valence-electron chi connectivity index (χ4n) is 2.33. The highest BCUT2D eigenvalue weighted by Gasteiger charge is 2.18. The minimum absolute atomic E-state index is 0.0190. The number of benzene rings is 2. The standard InChI is InChI=1S/C18H18ClN3O3/c1-11(23)13-3-2-4-15(9-13)21-17(24)10-16(22-18(20)25)12-5-7-14(19)8-6-12/h2-9,16H,10H2,1H3,(H,21,24)(H3,20,22,25). The third-order valence-electron chi connectivity index (χ3n) is 3.53. The molecule has 4 N–H and O–H groups in total. The topological polar surface area (TPSA) is 101 Å². The third-order valence-corrected chi connectivity index (χ3v) is 3.78. The first-order chi connectivity index (χ1) is 11.8. The maximum Gasteiger partial charge on any atom is 0.312 e. The van der Waals surface area contributed by atoms with Crippen molar-refractivity contribution in [1.82, 2.24) is 5.32 Å². The van der Waals surface area contributed by atoms with Gasteiger partial charge in [0.2, 0.25) is 5.91 Å². The predicted octanol–water partition coefficient (Wildman–Crippen LogP) is 3.28. The molecule has 0 fully saturated rings. The summed E-state index contributed by atoms with van der Waals surface area (Å²) >= 11 is 5.86. The van der Waals surface area contributed by atoms with Gasteiger partial charge in [-0.3, -0.25) is 9.59 Å². The number of nitrogens with one attached hydrogen (secondary N) is 2. The van der Waals surface area contributed by atoms with Gasteiger partial charge in [0, 0.05) is 16.3 Å². The van der Waals surface area contributed by atoms with Crippen molar-refractivity contribution in [1.29, 1.82) is 0 Å². The van der Waals surface area contributed by atoms with Crippen LogP contribution in [-0.2, 0) is 4.79 Å². The Morgan fingerprint density at radius 3 is 2.40 bits per heavy atom. The van der Waals surface area contributed by atoms with Crippen LogP contribution in [0.4, 0.5) is 10.5 Å². The molecule has 0 radical (unpaired) electrons. The van der Waals surface area contributed by atoms with Gasteiger partial charge in [0.1, 0.15) is 0 Å². The van der Waals surface area contributed by atoms with E-state index in [-0.39, 0.29) is 18.1 Å². The van der Waals surface area contributed by atoms with E-state index < -0.39 is 12.1 Å². The summed E-state index contributed by atoms with van der Waals surface area (Å²) in [6.07, 6.45) is -0.0190. The molecular formula is C18H18ClN3O3. The van der Waals surface area contributed by atoms with Gasteiger partial charge >= 0.3 is 6.03 Å². The number of urea groups is 1. The molecule has 2 rings (SSSR count). The number of hydrogen-bond acceptors (Lipinski definition) is 3. The molecule has 0 aromatic heterocycles. The summed E-state index contributed by atoms with van der Waals surface area (Å²) in [6, 6.07) is 12.1. The summed E-state index contributed by atoms with van der Waals surface area (Å²) in [4.78, 5) is 34.9. The number of carbonyl (C=O) groups excluding carboxylic acids is 3. The average molecular weight is 360 g/mol. The number of Topliss-reactive ketones (excluding diaryl/α,β-unsaturated/α-hetero) is 1. The summed E-state index contributed by atoms with van der Waals surface area (Å²) in [5.41, 5.74) is 6.91. The lowest BCUT2D eigenvalue weighted by atomic mass is 10.0. The summed E-state index contributed by atoms with van der Waals surface area (Å²) < 4.78 is 0.